The number of hydrogen-bond donors (Lipinski definition) is 1. The van der Waals surface area contributed by atoms with Crippen LogP contribution < -0.4 is 5.32 Å². The van der Waals surface area contributed by atoms with Gasteiger partial charge in [0.05, 0.1) is 6.42 Å². The molecule has 120 valence electrons. The molecule has 1 atom stereocenters. The van der Waals surface area contributed by atoms with Crippen LogP contribution in [-0.2, 0) is 20.7 Å². The minimum Gasteiger partial charge on any atom is -0.447 e. The summed E-state index contributed by atoms with van der Waals surface area (Å²) in [6.07, 6.45) is 2.05. The van der Waals surface area contributed by atoms with Gasteiger partial charge in [-0.25, -0.2) is 0 Å². The van der Waals surface area contributed by atoms with Crippen molar-refractivity contribution < 1.29 is 14.3 Å². The number of thiophene rings is 1. The molecule has 3 rings (SSSR count). The predicted molar refractivity (Wildman–Crippen MR) is 89.1 cm³/mol. The van der Waals surface area contributed by atoms with Crippen LogP contribution in [-0.4, -0.2) is 17.9 Å². The molecule has 1 aromatic carbocycles. The third-order valence-electron chi connectivity index (χ3n) is 3.67. The first kappa shape index (κ1) is 15.7. The molecular weight excluding hydrogens is 310 g/mol. The Hall–Kier alpha value is -2.14. The van der Waals surface area contributed by atoms with Crippen molar-refractivity contribution in [3.63, 3.8) is 0 Å². The molecule has 1 N–H and O–H groups in total. The van der Waals surface area contributed by atoms with Gasteiger partial charge in [-0.2, -0.15) is 0 Å². The van der Waals surface area contributed by atoms with Gasteiger partial charge in [0.2, 0.25) is 6.10 Å². The number of nitrogens with one attached hydrogen (secondary N) is 1. The average Bonchev–Trinajstić information content (AvgIpc) is 3.22. The van der Waals surface area contributed by atoms with Gasteiger partial charge in [0.15, 0.2) is 0 Å². The van der Waals surface area contributed by atoms with E-state index in [0.717, 1.165) is 17.7 Å². The summed E-state index contributed by atoms with van der Waals surface area (Å²) >= 11 is 1.62. The van der Waals surface area contributed by atoms with Gasteiger partial charge in [0.1, 0.15) is 0 Å². The third-order valence-corrected chi connectivity index (χ3v) is 4.61. The van der Waals surface area contributed by atoms with E-state index in [1.54, 1.807) is 11.3 Å². The van der Waals surface area contributed by atoms with Crippen LogP contribution in [0.3, 0.4) is 0 Å². The van der Waals surface area contributed by atoms with E-state index in [9.17, 15) is 9.59 Å². The lowest BCUT2D eigenvalue weighted by Crippen LogP contribution is -2.33. The van der Waals surface area contributed by atoms with Crippen LogP contribution in [0.2, 0.25) is 0 Å². The number of aryl methyl sites for hydroxylation is 1. The Labute approximate surface area is 139 Å². The molecule has 0 spiro atoms. The monoisotopic (exact) mass is 329 g/mol. The number of amides is 1. The van der Waals surface area contributed by atoms with Gasteiger partial charge in [-0.3, -0.25) is 9.59 Å². The minimum atomic E-state index is -0.868. The van der Waals surface area contributed by atoms with Crippen LogP contribution in [0.5, 0.6) is 0 Å². The van der Waals surface area contributed by atoms with Crippen molar-refractivity contribution >= 4 is 23.2 Å². The molecule has 1 fully saturated rings. The van der Waals surface area contributed by atoms with Crippen molar-refractivity contribution in [1.82, 2.24) is 5.32 Å². The standard InChI is InChI=1S/C18H19NO3S/c20-16(11-10-15-7-4-12-23-15)22-17(13-5-2-1-3-6-13)18(21)19-14-8-9-14/h1-7,12,14,17H,8-11H2,(H,19,21)/t17-/m0/s1. The lowest BCUT2D eigenvalue weighted by Gasteiger charge is -2.18. The number of carbonyl (C=O) groups is 2. The predicted octanol–water partition coefficient (Wildman–Crippen LogP) is 3.24. The third kappa shape index (κ3) is 4.66. The smallest absolute Gasteiger partial charge is 0.307 e. The zero-order valence-electron chi connectivity index (χ0n) is 12.7. The summed E-state index contributed by atoms with van der Waals surface area (Å²) in [5.74, 6) is -0.582. The summed E-state index contributed by atoms with van der Waals surface area (Å²) in [5, 5.41) is 4.90. The van der Waals surface area contributed by atoms with E-state index in [-0.39, 0.29) is 24.3 Å². The summed E-state index contributed by atoms with van der Waals surface area (Å²) in [5.41, 5.74) is 0.704. The summed E-state index contributed by atoms with van der Waals surface area (Å²) in [4.78, 5) is 25.6. The molecule has 1 heterocycles. The first-order chi connectivity index (χ1) is 11.2. The molecule has 0 bridgehead atoms. The van der Waals surface area contributed by atoms with Crippen molar-refractivity contribution in [2.24, 2.45) is 0 Å². The molecule has 4 nitrogen and oxygen atoms in total. The van der Waals surface area contributed by atoms with E-state index >= 15 is 0 Å². The summed E-state index contributed by atoms with van der Waals surface area (Å²) in [7, 11) is 0. The van der Waals surface area contributed by atoms with Gasteiger partial charge < -0.3 is 10.1 Å². The number of esters is 1. The largest absolute Gasteiger partial charge is 0.447 e. The van der Waals surface area contributed by atoms with Crippen molar-refractivity contribution in [3.8, 4) is 0 Å². The number of rotatable bonds is 7. The van der Waals surface area contributed by atoms with Crippen LogP contribution in [0.1, 0.15) is 35.8 Å². The van der Waals surface area contributed by atoms with E-state index in [1.165, 1.54) is 0 Å². The second-order valence-corrected chi connectivity index (χ2v) is 6.68. The maximum absolute atomic E-state index is 12.4. The van der Waals surface area contributed by atoms with Gasteiger partial charge in [-0.1, -0.05) is 36.4 Å². The number of hydrogen-bond acceptors (Lipinski definition) is 4. The van der Waals surface area contributed by atoms with E-state index < -0.39 is 6.10 Å². The molecule has 23 heavy (non-hydrogen) atoms. The zero-order chi connectivity index (χ0) is 16.1. The van der Waals surface area contributed by atoms with Crippen molar-refractivity contribution in [2.45, 2.75) is 37.8 Å². The molecule has 1 saturated carbocycles. The molecule has 1 aliphatic carbocycles. The van der Waals surface area contributed by atoms with Crippen molar-refractivity contribution in [3.05, 3.63) is 58.3 Å². The second-order valence-electron chi connectivity index (χ2n) is 5.64. The minimum absolute atomic E-state index is 0.233. The maximum Gasteiger partial charge on any atom is 0.307 e. The topological polar surface area (TPSA) is 55.4 Å². The van der Waals surface area contributed by atoms with Crippen LogP contribution in [0.15, 0.2) is 47.8 Å². The highest BCUT2D eigenvalue weighted by atomic mass is 32.1. The number of ether oxygens (including phenoxy) is 1. The Kier molecular flexibility index (Phi) is 5.08. The van der Waals surface area contributed by atoms with Crippen LogP contribution in [0, 0.1) is 0 Å². The van der Waals surface area contributed by atoms with Crippen molar-refractivity contribution in [1.29, 1.82) is 0 Å². The van der Waals surface area contributed by atoms with E-state index in [0.29, 0.717) is 12.0 Å². The molecular formula is C18H19NO3S. The summed E-state index contributed by atoms with van der Waals surface area (Å²) < 4.78 is 5.48. The molecule has 1 aliphatic rings. The van der Waals surface area contributed by atoms with Crippen LogP contribution in [0.4, 0.5) is 0 Å². The van der Waals surface area contributed by atoms with Gasteiger partial charge in [-0.05, 0) is 30.7 Å². The lowest BCUT2D eigenvalue weighted by atomic mass is 10.1. The quantitative estimate of drug-likeness (QED) is 0.793. The highest BCUT2D eigenvalue weighted by Gasteiger charge is 2.30. The highest BCUT2D eigenvalue weighted by molar-refractivity contribution is 7.09. The maximum atomic E-state index is 12.4. The molecule has 0 saturated heterocycles. The fourth-order valence-electron chi connectivity index (χ4n) is 2.28. The Morgan fingerprint density at radius 2 is 1.96 bits per heavy atom. The molecule has 0 aliphatic heterocycles. The number of carbonyl (C=O) groups excluding carboxylic acids is 2. The van der Waals surface area contributed by atoms with Crippen LogP contribution in [0.25, 0.3) is 0 Å². The molecule has 0 radical (unpaired) electrons. The first-order valence-electron chi connectivity index (χ1n) is 7.79. The van der Waals surface area contributed by atoms with E-state index in [2.05, 4.69) is 5.32 Å². The normalized spacial score (nSPS) is 15.0. The van der Waals surface area contributed by atoms with E-state index in [4.69, 9.17) is 4.74 Å². The van der Waals surface area contributed by atoms with Gasteiger partial charge in [0.25, 0.3) is 5.91 Å². The number of benzene rings is 1. The summed E-state index contributed by atoms with van der Waals surface area (Å²) in [6, 6.07) is 13.4. The lowest BCUT2D eigenvalue weighted by molar-refractivity contribution is -0.156. The first-order valence-corrected chi connectivity index (χ1v) is 8.67. The Morgan fingerprint density at radius 1 is 1.17 bits per heavy atom. The fraction of sp³-hybridized carbons (Fsp3) is 0.333. The van der Waals surface area contributed by atoms with Gasteiger partial charge in [-0.15, -0.1) is 11.3 Å². The summed E-state index contributed by atoms with van der Waals surface area (Å²) in [6.45, 7) is 0. The highest BCUT2D eigenvalue weighted by Crippen LogP contribution is 2.23. The molecule has 5 heteroatoms. The zero-order valence-corrected chi connectivity index (χ0v) is 13.6. The Morgan fingerprint density at radius 3 is 2.61 bits per heavy atom. The Bertz CT molecular complexity index is 650. The van der Waals surface area contributed by atoms with Crippen LogP contribution >= 0.6 is 11.3 Å². The molecule has 1 amide bonds. The van der Waals surface area contributed by atoms with E-state index in [1.807, 2.05) is 47.8 Å². The molecule has 2 aromatic rings. The van der Waals surface area contributed by atoms with Crippen molar-refractivity contribution in [2.75, 3.05) is 0 Å². The van der Waals surface area contributed by atoms with Gasteiger partial charge >= 0.3 is 5.97 Å². The SMILES string of the molecule is O=C(CCc1cccs1)O[C@H](C(=O)NC1CC1)c1ccccc1. The van der Waals surface area contributed by atoms with Gasteiger partial charge in [0, 0.05) is 16.5 Å². The Balaban J connectivity index is 1.62. The average molecular weight is 329 g/mol. The molecule has 1 aromatic heterocycles. The molecule has 0 unspecified atom stereocenters. The fourth-order valence-corrected chi connectivity index (χ4v) is 2.98. The second kappa shape index (κ2) is 7.42.